The maximum absolute atomic E-state index is 11.4. The van der Waals surface area contributed by atoms with Crippen LogP contribution in [0.3, 0.4) is 0 Å². The highest BCUT2D eigenvalue weighted by Crippen LogP contribution is 2.06. The van der Waals surface area contributed by atoms with Crippen molar-refractivity contribution in [1.29, 1.82) is 0 Å². The summed E-state index contributed by atoms with van der Waals surface area (Å²) in [5, 5.41) is 2.45. The molecule has 0 spiro atoms. The van der Waals surface area contributed by atoms with Gasteiger partial charge in [0.25, 0.3) is 0 Å². The fraction of sp³-hybridized carbons (Fsp3) is 0.273. The van der Waals surface area contributed by atoms with Crippen molar-refractivity contribution in [3.05, 3.63) is 29.8 Å². The lowest BCUT2D eigenvalue weighted by molar-refractivity contribution is -0.141. The first-order chi connectivity index (χ1) is 7.61. The molecule has 5 heteroatoms. The standard InChI is InChI=1S/C11H14N2O3/c1-16-11(15)7-13-10(14)6-8-3-2-4-9(12)5-8/h2-5H,6-7,12H2,1H3,(H,13,14). The molecule has 0 fully saturated rings. The molecule has 16 heavy (non-hydrogen) atoms. The Balaban J connectivity index is 2.43. The van der Waals surface area contributed by atoms with Crippen LogP contribution in [-0.4, -0.2) is 25.5 Å². The van der Waals surface area contributed by atoms with Crippen molar-refractivity contribution in [2.24, 2.45) is 0 Å². The van der Waals surface area contributed by atoms with Crippen molar-refractivity contribution in [3.63, 3.8) is 0 Å². The van der Waals surface area contributed by atoms with E-state index in [9.17, 15) is 9.59 Å². The number of rotatable bonds is 4. The van der Waals surface area contributed by atoms with Gasteiger partial charge in [0.15, 0.2) is 0 Å². The van der Waals surface area contributed by atoms with E-state index in [1.807, 2.05) is 0 Å². The molecule has 0 radical (unpaired) electrons. The number of amides is 1. The average Bonchev–Trinajstić information content (AvgIpc) is 2.26. The van der Waals surface area contributed by atoms with E-state index >= 15 is 0 Å². The van der Waals surface area contributed by atoms with Gasteiger partial charge in [0.2, 0.25) is 5.91 Å². The minimum atomic E-state index is -0.471. The number of hydrogen-bond acceptors (Lipinski definition) is 4. The first kappa shape index (κ1) is 12.0. The summed E-state index contributed by atoms with van der Waals surface area (Å²) in [5.41, 5.74) is 6.99. The molecule has 1 rings (SSSR count). The number of hydrogen-bond donors (Lipinski definition) is 2. The molecular weight excluding hydrogens is 208 g/mol. The molecule has 0 saturated carbocycles. The second kappa shape index (κ2) is 5.75. The summed E-state index contributed by atoms with van der Waals surface area (Å²) in [5.74, 6) is -0.711. The molecule has 0 atom stereocenters. The number of nitrogens with two attached hydrogens (primary N) is 1. The van der Waals surface area contributed by atoms with Gasteiger partial charge < -0.3 is 15.8 Å². The van der Waals surface area contributed by atoms with Gasteiger partial charge in [-0.3, -0.25) is 9.59 Å². The normalized spacial score (nSPS) is 9.56. The smallest absolute Gasteiger partial charge is 0.325 e. The molecule has 0 aliphatic heterocycles. The number of benzene rings is 1. The molecule has 0 heterocycles. The lowest BCUT2D eigenvalue weighted by Crippen LogP contribution is -2.31. The Labute approximate surface area is 93.6 Å². The van der Waals surface area contributed by atoms with Gasteiger partial charge in [0, 0.05) is 5.69 Å². The van der Waals surface area contributed by atoms with Crippen molar-refractivity contribution >= 4 is 17.6 Å². The number of ether oxygens (including phenoxy) is 1. The summed E-state index contributed by atoms with van der Waals surface area (Å²) < 4.78 is 4.40. The van der Waals surface area contributed by atoms with Crippen molar-refractivity contribution in [1.82, 2.24) is 5.32 Å². The molecule has 0 bridgehead atoms. The van der Waals surface area contributed by atoms with E-state index in [1.165, 1.54) is 7.11 Å². The van der Waals surface area contributed by atoms with Crippen molar-refractivity contribution in [3.8, 4) is 0 Å². The summed E-state index contributed by atoms with van der Waals surface area (Å²) in [6.07, 6.45) is 0.196. The summed E-state index contributed by atoms with van der Waals surface area (Å²) in [6.45, 7) is -0.113. The third-order valence-electron chi connectivity index (χ3n) is 1.97. The predicted octanol–water partition coefficient (Wildman–Crippen LogP) is 0.100. The molecule has 0 aliphatic carbocycles. The van der Waals surface area contributed by atoms with E-state index in [2.05, 4.69) is 10.1 Å². The van der Waals surface area contributed by atoms with Crippen LogP contribution in [0.4, 0.5) is 5.69 Å². The Morgan fingerprint density at radius 3 is 2.81 bits per heavy atom. The molecule has 1 aromatic carbocycles. The Morgan fingerprint density at radius 1 is 1.44 bits per heavy atom. The fourth-order valence-electron chi connectivity index (χ4n) is 1.19. The summed E-state index contributed by atoms with van der Waals surface area (Å²) >= 11 is 0. The molecule has 1 amide bonds. The quantitative estimate of drug-likeness (QED) is 0.559. The number of nitrogen functional groups attached to an aromatic ring is 1. The second-order valence-electron chi connectivity index (χ2n) is 3.27. The van der Waals surface area contributed by atoms with Crippen LogP contribution in [0.25, 0.3) is 0 Å². The average molecular weight is 222 g/mol. The number of methoxy groups -OCH3 is 1. The van der Waals surface area contributed by atoms with Crippen molar-refractivity contribution in [2.45, 2.75) is 6.42 Å². The van der Waals surface area contributed by atoms with Gasteiger partial charge in [0.1, 0.15) is 6.54 Å². The second-order valence-corrected chi connectivity index (χ2v) is 3.27. The van der Waals surface area contributed by atoms with Gasteiger partial charge in [-0.2, -0.15) is 0 Å². The zero-order valence-corrected chi connectivity index (χ0v) is 9.03. The van der Waals surface area contributed by atoms with Crippen LogP contribution in [0, 0.1) is 0 Å². The summed E-state index contributed by atoms with van der Waals surface area (Å²) in [4.78, 5) is 22.2. The van der Waals surface area contributed by atoms with Crippen LogP contribution >= 0.6 is 0 Å². The van der Waals surface area contributed by atoms with Crippen LogP contribution in [0.1, 0.15) is 5.56 Å². The van der Waals surface area contributed by atoms with Crippen molar-refractivity contribution in [2.75, 3.05) is 19.4 Å². The van der Waals surface area contributed by atoms with Crippen LogP contribution in [0.2, 0.25) is 0 Å². The van der Waals surface area contributed by atoms with E-state index in [1.54, 1.807) is 24.3 Å². The van der Waals surface area contributed by atoms with Gasteiger partial charge in [-0.15, -0.1) is 0 Å². The Bertz CT molecular complexity index is 391. The highest BCUT2D eigenvalue weighted by molar-refractivity contribution is 5.83. The van der Waals surface area contributed by atoms with Gasteiger partial charge in [-0.1, -0.05) is 12.1 Å². The van der Waals surface area contributed by atoms with Crippen LogP contribution in [0.5, 0.6) is 0 Å². The molecule has 3 N–H and O–H groups in total. The number of nitrogens with one attached hydrogen (secondary N) is 1. The first-order valence-electron chi connectivity index (χ1n) is 4.79. The third-order valence-corrected chi connectivity index (χ3v) is 1.97. The molecule has 5 nitrogen and oxygen atoms in total. The predicted molar refractivity (Wildman–Crippen MR) is 59.6 cm³/mol. The Hall–Kier alpha value is -2.04. The van der Waals surface area contributed by atoms with Crippen LogP contribution < -0.4 is 11.1 Å². The van der Waals surface area contributed by atoms with Crippen molar-refractivity contribution < 1.29 is 14.3 Å². The van der Waals surface area contributed by atoms with E-state index in [4.69, 9.17) is 5.73 Å². The van der Waals surface area contributed by atoms with Gasteiger partial charge in [0.05, 0.1) is 13.5 Å². The highest BCUT2D eigenvalue weighted by Gasteiger charge is 2.06. The largest absolute Gasteiger partial charge is 0.468 e. The van der Waals surface area contributed by atoms with Gasteiger partial charge in [-0.05, 0) is 17.7 Å². The molecule has 0 aromatic heterocycles. The first-order valence-corrected chi connectivity index (χ1v) is 4.79. The van der Waals surface area contributed by atoms with Crippen LogP contribution in [0.15, 0.2) is 24.3 Å². The molecule has 0 saturated heterocycles. The van der Waals surface area contributed by atoms with E-state index in [-0.39, 0.29) is 18.9 Å². The van der Waals surface area contributed by atoms with E-state index in [0.29, 0.717) is 5.69 Å². The SMILES string of the molecule is COC(=O)CNC(=O)Cc1cccc(N)c1. The molecular formula is C11H14N2O3. The van der Waals surface area contributed by atoms with Crippen LogP contribution in [-0.2, 0) is 20.7 Å². The van der Waals surface area contributed by atoms with E-state index < -0.39 is 5.97 Å². The Morgan fingerprint density at radius 2 is 2.19 bits per heavy atom. The maximum Gasteiger partial charge on any atom is 0.325 e. The number of esters is 1. The summed E-state index contributed by atoms with van der Waals surface area (Å²) in [6, 6.07) is 7.04. The minimum absolute atomic E-state index is 0.113. The molecule has 0 aliphatic rings. The lowest BCUT2D eigenvalue weighted by Gasteiger charge is -2.04. The topological polar surface area (TPSA) is 81.4 Å². The molecule has 1 aromatic rings. The monoisotopic (exact) mass is 222 g/mol. The highest BCUT2D eigenvalue weighted by atomic mass is 16.5. The fourth-order valence-corrected chi connectivity index (χ4v) is 1.19. The third kappa shape index (κ3) is 4.00. The number of carbonyl (C=O) groups is 2. The zero-order valence-electron chi connectivity index (χ0n) is 9.03. The summed E-state index contributed by atoms with van der Waals surface area (Å²) in [7, 11) is 1.27. The van der Waals surface area contributed by atoms with Gasteiger partial charge >= 0.3 is 5.97 Å². The minimum Gasteiger partial charge on any atom is -0.468 e. The maximum atomic E-state index is 11.4. The number of anilines is 1. The zero-order chi connectivity index (χ0) is 12.0. The van der Waals surface area contributed by atoms with Gasteiger partial charge in [-0.25, -0.2) is 0 Å². The Kier molecular flexibility index (Phi) is 4.32. The molecule has 0 unspecified atom stereocenters. The van der Waals surface area contributed by atoms with E-state index in [0.717, 1.165) is 5.56 Å². The molecule has 86 valence electrons. The number of carbonyl (C=O) groups excluding carboxylic acids is 2. The lowest BCUT2D eigenvalue weighted by atomic mass is 10.1.